The van der Waals surface area contributed by atoms with Crippen molar-refractivity contribution in [1.29, 1.82) is 0 Å². The highest BCUT2D eigenvalue weighted by molar-refractivity contribution is 9.12. The summed E-state index contributed by atoms with van der Waals surface area (Å²) in [6.07, 6.45) is 0. The minimum Gasteiger partial charge on any atom is -0.0581 e. The van der Waals surface area contributed by atoms with Gasteiger partial charge >= 0.3 is 0 Å². The van der Waals surface area contributed by atoms with Crippen LogP contribution in [-0.2, 0) is 0 Å². The molecular formula is C9H7Br. The summed E-state index contributed by atoms with van der Waals surface area (Å²) in [5, 5.41) is 0. The number of rotatable bonds is 0. The Kier molecular flexibility index (Phi) is 2.53. The van der Waals surface area contributed by atoms with Gasteiger partial charge in [0.1, 0.15) is 0 Å². The average Bonchev–Trinajstić information content (AvgIpc) is 1.95. The van der Waals surface area contributed by atoms with E-state index in [0.29, 0.717) is 0 Å². The molecule has 1 heteroatoms. The highest BCUT2D eigenvalue weighted by Crippen LogP contribution is 2.00. The summed E-state index contributed by atoms with van der Waals surface area (Å²) < 4.78 is 0. The minimum absolute atomic E-state index is 1.04. The van der Waals surface area contributed by atoms with E-state index in [-0.39, 0.29) is 0 Å². The zero-order chi connectivity index (χ0) is 7.40. The van der Waals surface area contributed by atoms with Crippen LogP contribution in [0, 0.1) is 17.7 Å². The molecule has 1 rings (SSSR count). The Balaban J connectivity index is 2.97. The Morgan fingerprint density at radius 2 is 1.80 bits per heavy atom. The normalized spacial score (nSPS) is 8.20. The van der Waals surface area contributed by atoms with Crippen LogP contribution in [0.1, 0.15) is 11.1 Å². The molecule has 0 aliphatic carbocycles. The number of hydrogen-bond donors (Lipinski definition) is 0. The first-order valence-electron chi connectivity index (χ1n) is 3.01. The lowest BCUT2D eigenvalue weighted by Gasteiger charge is -1.89. The van der Waals surface area contributed by atoms with Gasteiger partial charge in [0.25, 0.3) is 0 Å². The van der Waals surface area contributed by atoms with Crippen LogP contribution in [0.5, 0.6) is 0 Å². The fourth-order valence-electron chi connectivity index (χ4n) is 0.691. The maximum Gasteiger partial charge on any atom is 0.0254 e. The maximum atomic E-state index is 3.04. The molecule has 1 aromatic carbocycles. The van der Waals surface area contributed by atoms with Crippen molar-refractivity contribution in [3.63, 3.8) is 0 Å². The van der Waals surface area contributed by atoms with Gasteiger partial charge in [-0.3, -0.25) is 0 Å². The van der Waals surface area contributed by atoms with E-state index in [1.165, 1.54) is 5.56 Å². The van der Waals surface area contributed by atoms with Crippen LogP contribution in [0.4, 0.5) is 0 Å². The van der Waals surface area contributed by atoms with Gasteiger partial charge in [0.05, 0.1) is 0 Å². The Labute approximate surface area is 69.4 Å². The van der Waals surface area contributed by atoms with E-state index in [1.54, 1.807) is 0 Å². The Morgan fingerprint density at radius 1 is 1.20 bits per heavy atom. The van der Waals surface area contributed by atoms with E-state index in [0.717, 1.165) is 5.56 Å². The predicted molar refractivity (Wildman–Crippen MR) is 47.0 cm³/mol. The van der Waals surface area contributed by atoms with Gasteiger partial charge in [0, 0.05) is 21.5 Å². The van der Waals surface area contributed by atoms with Gasteiger partial charge in [0.15, 0.2) is 0 Å². The zero-order valence-corrected chi connectivity index (χ0v) is 7.27. The molecular weight excluding hydrogens is 188 g/mol. The highest BCUT2D eigenvalue weighted by atomic mass is 79.9. The Morgan fingerprint density at radius 3 is 2.30 bits per heavy atom. The topological polar surface area (TPSA) is 0 Å². The van der Waals surface area contributed by atoms with Crippen LogP contribution in [0.3, 0.4) is 0 Å². The molecule has 0 heterocycles. The predicted octanol–water partition coefficient (Wildman–Crippen LogP) is 2.70. The third-order valence-electron chi connectivity index (χ3n) is 1.24. The maximum absolute atomic E-state index is 3.04. The Bertz CT molecular complexity index is 261. The number of halogens is 1. The third-order valence-corrected chi connectivity index (χ3v) is 1.44. The number of benzene rings is 1. The first kappa shape index (κ1) is 7.37. The van der Waals surface area contributed by atoms with Crippen molar-refractivity contribution in [2.45, 2.75) is 6.92 Å². The summed E-state index contributed by atoms with van der Waals surface area (Å²) in [5.41, 5.74) is 2.31. The first-order chi connectivity index (χ1) is 4.83. The number of hydrogen-bond acceptors (Lipinski definition) is 0. The molecule has 0 saturated heterocycles. The summed E-state index contributed by atoms with van der Waals surface area (Å²) in [6.45, 7) is 2.06. The van der Waals surface area contributed by atoms with E-state index in [2.05, 4.69) is 33.6 Å². The second kappa shape index (κ2) is 3.43. The molecule has 10 heavy (non-hydrogen) atoms. The fraction of sp³-hybridized carbons (Fsp3) is 0.111. The SMILES string of the molecule is Cc1ccc(C#CBr)cc1. The van der Waals surface area contributed by atoms with E-state index in [4.69, 9.17) is 0 Å². The summed E-state index contributed by atoms with van der Waals surface area (Å²) in [7, 11) is 0. The minimum atomic E-state index is 1.04. The van der Waals surface area contributed by atoms with Gasteiger partial charge in [0.2, 0.25) is 0 Å². The van der Waals surface area contributed by atoms with Crippen molar-refractivity contribution in [1.82, 2.24) is 0 Å². The van der Waals surface area contributed by atoms with Crippen molar-refractivity contribution in [3.8, 4) is 10.8 Å². The molecule has 0 fully saturated rings. The molecule has 0 aliphatic heterocycles. The second-order valence-electron chi connectivity index (χ2n) is 2.09. The van der Waals surface area contributed by atoms with Crippen LogP contribution in [-0.4, -0.2) is 0 Å². The molecule has 50 valence electrons. The standard InChI is InChI=1S/C9H7Br/c1-8-2-4-9(5-3-8)6-7-10/h2-5H,1H3. The second-order valence-corrected chi connectivity index (χ2v) is 2.48. The third kappa shape index (κ3) is 1.89. The summed E-state index contributed by atoms with van der Waals surface area (Å²) in [6, 6.07) is 8.10. The molecule has 0 aliphatic rings. The highest BCUT2D eigenvalue weighted by Gasteiger charge is 1.83. The van der Waals surface area contributed by atoms with Crippen LogP contribution in [0.15, 0.2) is 24.3 Å². The molecule has 0 nitrogen and oxygen atoms in total. The van der Waals surface area contributed by atoms with Crippen LogP contribution < -0.4 is 0 Å². The van der Waals surface area contributed by atoms with Crippen molar-refractivity contribution in [3.05, 3.63) is 35.4 Å². The van der Waals surface area contributed by atoms with E-state index in [1.807, 2.05) is 24.3 Å². The van der Waals surface area contributed by atoms with Crippen LogP contribution in [0.25, 0.3) is 0 Å². The molecule has 0 saturated carbocycles. The lowest BCUT2D eigenvalue weighted by Crippen LogP contribution is -1.73. The van der Waals surface area contributed by atoms with Crippen molar-refractivity contribution < 1.29 is 0 Å². The van der Waals surface area contributed by atoms with Gasteiger partial charge in [-0.25, -0.2) is 0 Å². The molecule has 0 amide bonds. The van der Waals surface area contributed by atoms with Crippen molar-refractivity contribution in [2.24, 2.45) is 0 Å². The first-order valence-corrected chi connectivity index (χ1v) is 3.80. The molecule has 0 unspecified atom stereocenters. The van der Waals surface area contributed by atoms with Crippen LogP contribution >= 0.6 is 15.9 Å². The largest absolute Gasteiger partial charge is 0.0581 e. The van der Waals surface area contributed by atoms with Crippen molar-refractivity contribution in [2.75, 3.05) is 0 Å². The molecule has 0 atom stereocenters. The summed E-state index contributed by atoms with van der Waals surface area (Å²) >= 11 is 3.04. The van der Waals surface area contributed by atoms with Gasteiger partial charge in [-0.05, 0) is 23.9 Å². The van der Waals surface area contributed by atoms with E-state index >= 15 is 0 Å². The fourth-order valence-corrected chi connectivity index (χ4v) is 0.920. The molecule has 0 bridgehead atoms. The Hall–Kier alpha value is -0.740. The van der Waals surface area contributed by atoms with Gasteiger partial charge in [-0.1, -0.05) is 23.6 Å². The molecule has 0 spiro atoms. The summed E-state index contributed by atoms with van der Waals surface area (Å²) in [4.78, 5) is 2.67. The smallest absolute Gasteiger partial charge is 0.0254 e. The molecule has 1 aromatic rings. The average molecular weight is 195 g/mol. The van der Waals surface area contributed by atoms with Crippen molar-refractivity contribution >= 4 is 15.9 Å². The quantitative estimate of drug-likeness (QED) is 0.558. The number of aryl methyl sites for hydroxylation is 1. The lowest BCUT2D eigenvalue weighted by atomic mass is 10.2. The summed E-state index contributed by atoms with van der Waals surface area (Å²) in [5.74, 6) is 2.90. The monoisotopic (exact) mass is 194 g/mol. The van der Waals surface area contributed by atoms with E-state index < -0.39 is 0 Å². The molecule has 0 aromatic heterocycles. The van der Waals surface area contributed by atoms with Crippen LogP contribution in [0.2, 0.25) is 0 Å². The molecule has 0 radical (unpaired) electrons. The van der Waals surface area contributed by atoms with Gasteiger partial charge in [-0.2, -0.15) is 0 Å². The van der Waals surface area contributed by atoms with Gasteiger partial charge in [-0.15, -0.1) is 0 Å². The van der Waals surface area contributed by atoms with Gasteiger partial charge < -0.3 is 0 Å². The molecule has 0 N–H and O–H groups in total. The van der Waals surface area contributed by atoms with E-state index in [9.17, 15) is 0 Å². The lowest BCUT2D eigenvalue weighted by molar-refractivity contribution is 1.46. The zero-order valence-electron chi connectivity index (χ0n) is 5.69.